The molecule has 1 unspecified atom stereocenters. The molecule has 132 valence electrons. The van der Waals surface area contributed by atoms with E-state index in [1.165, 1.54) is 31.4 Å². The van der Waals surface area contributed by atoms with Gasteiger partial charge < -0.3 is 5.11 Å². The van der Waals surface area contributed by atoms with Crippen molar-refractivity contribution in [2.75, 3.05) is 0 Å². The summed E-state index contributed by atoms with van der Waals surface area (Å²) in [4.78, 5) is 10.5. The molecule has 0 aliphatic heterocycles. The maximum Gasteiger partial charge on any atom is 0.306 e. The summed E-state index contributed by atoms with van der Waals surface area (Å²) in [5.74, 6) is -0.740. The van der Waals surface area contributed by atoms with Crippen LogP contribution in [0.15, 0.2) is 29.2 Å². The zero-order valence-corrected chi connectivity index (χ0v) is 15.0. The third-order valence-corrected chi connectivity index (χ3v) is 4.43. The number of aryl methyl sites for hydroxylation is 1. The minimum absolute atomic E-state index is 0.0666. The van der Waals surface area contributed by atoms with Gasteiger partial charge in [0.15, 0.2) is 0 Å². The fraction of sp³-hybridized carbons (Fsp3) is 0.588. The molecule has 0 saturated carbocycles. The highest BCUT2D eigenvalue weighted by molar-refractivity contribution is 7.85. The van der Waals surface area contributed by atoms with Crippen LogP contribution in [0.3, 0.4) is 0 Å². The molecule has 0 fully saturated rings. The van der Waals surface area contributed by atoms with Gasteiger partial charge >= 0.3 is 5.97 Å². The van der Waals surface area contributed by atoms with Gasteiger partial charge in [-0.15, -0.1) is 0 Å². The van der Waals surface area contributed by atoms with Gasteiger partial charge in [-0.2, -0.15) is 8.42 Å². The summed E-state index contributed by atoms with van der Waals surface area (Å²) in [6, 6.07) is 5.99. The number of aliphatic carboxylic acids is 1. The molecule has 1 rings (SSSR count). The highest BCUT2D eigenvalue weighted by Crippen LogP contribution is 2.14. The van der Waals surface area contributed by atoms with Gasteiger partial charge in [0.25, 0.3) is 10.1 Å². The first kappa shape index (κ1) is 21.6. The summed E-state index contributed by atoms with van der Waals surface area (Å²) in [7, 11) is -4.02. The number of carbonyl (C=O) groups is 1. The average Bonchev–Trinajstić information content (AvgIpc) is 2.47. The monoisotopic (exact) mass is 344 g/mol. The lowest BCUT2D eigenvalue weighted by molar-refractivity contribution is -0.142. The van der Waals surface area contributed by atoms with Crippen molar-refractivity contribution in [1.29, 1.82) is 0 Å². The molecule has 0 bridgehead atoms. The molecule has 1 aromatic rings. The van der Waals surface area contributed by atoms with Crippen molar-refractivity contribution in [3.63, 3.8) is 0 Å². The Labute approximate surface area is 139 Å². The third kappa shape index (κ3) is 10.1. The molecular weight excluding hydrogens is 316 g/mol. The number of carboxylic acid groups (broad SMARTS) is 1. The van der Waals surface area contributed by atoms with Crippen LogP contribution in [-0.4, -0.2) is 24.0 Å². The van der Waals surface area contributed by atoms with Crippen LogP contribution in [0, 0.1) is 12.8 Å². The predicted octanol–water partition coefficient (Wildman–Crippen LogP) is 4.31. The van der Waals surface area contributed by atoms with Gasteiger partial charge in [0.1, 0.15) is 0 Å². The van der Waals surface area contributed by atoms with Crippen molar-refractivity contribution >= 4 is 16.1 Å². The Hall–Kier alpha value is -1.40. The Morgan fingerprint density at radius 2 is 1.65 bits per heavy atom. The minimum Gasteiger partial charge on any atom is -0.481 e. The smallest absolute Gasteiger partial charge is 0.306 e. The molecule has 0 amide bonds. The van der Waals surface area contributed by atoms with Crippen LogP contribution in [-0.2, 0) is 14.9 Å². The van der Waals surface area contributed by atoms with E-state index in [2.05, 4.69) is 6.92 Å². The van der Waals surface area contributed by atoms with Crippen LogP contribution < -0.4 is 0 Å². The third-order valence-electron chi connectivity index (χ3n) is 3.57. The number of unbranched alkanes of at least 4 members (excludes halogenated alkanes) is 3. The van der Waals surface area contributed by atoms with Crippen LogP contribution in [0.4, 0.5) is 0 Å². The van der Waals surface area contributed by atoms with Crippen molar-refractivity contribution in [3.8, 4) is 0 Å². The molecular formula is C17H28O5S. The van der Waals surface area contributed by atoms with Gasteiger partial charge in [0.2, 0.25) is 0 Å². The molecule has 0 aliphatic rings. The average molecular weight is 344 g/mol. The molecule has 0 radical (unpaired) electrons. The van der Waals surface area contributed by atoms with E-state index < -0.39 is 16.1 Å². The van der Waals surface area contributed by atoms with E-state index in [4.69, 9.17) is 9.66 Å². The van der Waals surface area contributed by atoms with Gasteiger partial charge in [-0.3, -0.25) is 9.35 Å². The maximum absolute atomic E-state index is 10.6. The van der Waals surface area contributed by atoms with Crippen LogP contribution >= 0.6 is 0 Å². The molecule has 5 nitrogen and oxygen atoms in total. The van der Waals surface area contributed by atoms with Crippen LogP contribution in [0.5, 0.6) is 0 Å². The number of hydrogen-bond acceptors (Lipinski definition) is 3. The quantitative estimate of drug-likeness (QED) is 0.541. The standard InChI is InChI=1S/C10H20O2.C7H8O3S/c1-3-5-6-7-8-9(4-2)10(11)12;1-6-2-4-7(5-3-6)11(8,9)10/h9H,3-8H2,1-2H3,(H,11,12);2-5H,1H3,(H,8,9,10). The molecule has 0 saturated heterocycles. The summed E-state index contributed by atoms with van der Waals surface area (Å²) in [6.07, 6.45) is 6.31. The molecule has 0 heterocycles. The van der Waals surface area contributed by atoms with Crippen molar-refractivity contribution in [2.45, 2.75) is 64.2 Å². The lowest BCUT2D eigenvalue weighted by atomic mass is 9.99. The fourth-order valence-electron chi connectivity index (χ4n) is 2.03. The van der Waals surface area contributed by atoms with E-state index in [9.17, 15) is 13.2 Å². The molecule has 23 heavy (non-hydrogen) atoms. The molecule has 2 N–H and O–H groups in total. The van der Waals surface area contributed by atoms with E-state index in [1.807, 2.05) is 13.8 Å². The van der Waals surface area contributed by atoms with Crippen LogP contribution in [0.1, 0.15) is 57.9 Å². The second-order valence-corrected chi connectivity index (χ2v) is 7.00. The van der Waals surface area contributed by atoms with Gasteiger partial charge in [-0.05, 0) is 31.9 Å². The zero-order chi connectivity index (χ0) is 17.9. The van der Waals surface area contributed by atoms with Gasteiger partial charge in [0.05, 0.1) is 10.8 Å². The SMILES string of the molecule is CCCCCCC(CC)C(=O)O.Cc1ccc(S(=O)(=O)O)cc1. The van der Waals surface area contributed by atoms with E-state index >= 15 is 0 Å². The second kappa shape index (κ2) is 11.2. The number of hydrogen-bond donors (Lipinski definition) is 2. The maximum atomic E-state index is 10.6. The summed E-state index contributed by atoms with van der Waals surface area (Å²) in [5.41, 5.74) is 0.956. The van der Waals surface area contributed by atoms with Gasteiger partial charge in [0, 0.05) is 0 Å². The molecule has 0 aliphatic carbocycles. The fourth-order valence-corrected chi connectivity index (χ4v) is 2.51. The first-order valence-corrected chi connectivity index (χ1v) is 9.43. The summed E-state index contributed by atoms with van der Waals surface area (Å²) >= 11 is 0. The van der Waals surface area contributed by atoms with Crippen LogP contribution in [0.25, 0.3) is 0 Å². The zero-order valence-electron chi connectivity index (χ0n) is 14.2. The largest absolute Gasteiger partial charge is 0.481 e. The minimum atomic E-state index is -4.02. The molecule has 1 aromatic carbocycles. The Bertz CT molecular complexity index is 549. The van der Waals surface area contributed by atoms with Crippen molar-refractivity contribution in [1.82, 2.24) is 0 Å². The second-order valence-electron chi connectivity index (χ2n) is 5.58. The molecule has 0 spiro atoms. The van der Waals surface area contributed by atoms with Crippen molar-refractivity contribution < 1.29 is 22.9 Å². The molecule has 1 atom stereocenters. The molecule has 0 aromatic heterocycles. The Morgan fingerprint density at radius 1 is 1.09 bits per heavy atom. The number of carboxylic acids is 1. The first-order valence-electron chi connectivity index (χ1n) is 7.99. The number of benzene rings is 1. The lowest BCUT2D eigenvalue weighted by Crippen LogP contribution is -2.12. The number of rotatable bonds is 8. The normalized spacial score (nSPS) is 12.2. The van der Waals surface area contributed by atoms with Gasteiger partial charge in [-0.1, -0.05) is 57.2 Å². The summed E-state index contributed by atoms with van der Waals surface area (Å²) in [5, 5.41) is 8.73. The van der Waals surface area contributed by atoms with E-state index in [1.54, 1.807) is 12.1 Å². The lowest BCUT2D eigenvalue weighted by Gasteiger charge is -2.08. The van der Waals surface area contributed by atoms with E-state index in [0.29, 0.717) is 0 Å². The Balaban J connectivity index is 0.000000422. The highest BCUT2D eigenvalue weighted by Gasteiger charge is 2.13. The van der Waals surface area contributed by atoms with Crippen molar-refractivity contribution in [2.24, 2.45) is 5.92 Å². The van der Waals surface area contributed by atoms with Crippen molar-refractivity contribution in [3.05, 3.63) is 29.8 Å². The summed E-state index contributed by atoms with van der Waals surface area (Å²) < 4.78 is 29.6. The predicted molar refractivity (Wildman–Crippen MR) is 91.2 cm³/mol. The van der Waals surface area contributed by atoms with E-state index in [0.717, 1.165) is 24.8 Å². The first-order chi connectivity index (χ1) is 10.7. The van der Waals surface area contributed by atoms with Crippen LogP contribution in [0.2, 0.25) is 0 Å². The van der Waals surface area contributed by atoms with E-state index in [-0.39, 0.29) is 10.8 Å². The molecule has 6 heteroatoms. The Morgan fingerprint density at radius 3 is 2.04 bits per heavy atom. The Kier molecular flexibility index (Phi) is 10.5. The summed E-state index contributed by atoms with van der Waals surface area (Å²) in [6.45, 7) is 5.95. The highest BCUT2D eigenvalue weighted by atomic mass is 32.2. The van der Waals surface area contributed by atoms with Gasteiger partial charge in [-0.25, -0.2) is 0 Å². The topological polar surface area (TPSA) is 91.7 Å².